The average Bonchev–Trinajstić information content (AvgIpc) is 3.32. The van der Waals surface area contributed by atoms with Gasteiger partial charge in [0.25, 0.3) is 5.91 Å². The second-order valence-electron chi connectivity index (χ2n) is 5.32. The number of aromatic nitrogens is 1. The lowest BCUT2D eigenvalue weighted by Gasteiger charge is -2.08. The first-order chi connectivity index (χ1) is 12.7. The fourth-order valence-corrected chi connectivity index (χ4v) is 4.16. The monoisotopic (exact) mass is 403 g/mol. The quantitative estimate of drug-likeness (QED) is 0.559. The maximum atomic E-state index is 12.2. The number of thiazole rings is 1. The fraction of sp³-hybridized carbons (Fsp3) is 0.167. The Morgan fingerprint density at radius 3 is 2.73 bits per heavy atom. The van der Waals surface area contributed by atoms with Crippen molar-refractivity contribution in [1.82, 2.24) is 4.98 Å². The predicted molar refractivity (Wildman–Crippen MR) is 110 cm³/mol. The highest BCUT2D eigenvalue weighted by Crippen LogP contribution is 2.25. The molecule has 3 rings (SSSR count). The first-order valence-electron chi connectivity index (χ1n) is 7.88. The largest absolute Gasteiger partial charge is 0.325 e. The third-order valence-corrected chi connectivity index (χ3v) is 5.98. The first-order valence-corrected chi connectivity index (χ1v) is 10.9. The molecule has 0 unspecified atom stereocenters. The molecule has 2 amide bonds. The minimum Gasteiger partial charge on any atom is -0.325 e. The topological polar surface area (TPSA) is 71.1 Å². The third kappa shape index (κ3) is 4.94. The van der Waals surface area contributed by atoms with Gasteiger partial charge in [0, 0.05) is 16.7 Å². The first kappa shape index (κ1) is 18.6. The molecular weight excluding hydrogens is 386 g/mol. The summed E-state index contributed by atoms with van der Waals surface area (Å²) in [6.45, 7) is 0. The van der Waals surface area contributed by atoms with Crippen molar-refractivity contribution in [1.29, 1.82) is 0 Å². The molecule has 2 heterocycles. The molecule has 0 aliphatic heterocycles. The lowest BCUT2D eigenvalue weighted by Crippen LogP contribution is -2.13. The van der Waals surface area contributed by atoms with Crippen molar-refractivity contribution in [2.45, 2.75) is 17.7 Å². The number of nitrogens with zero attached hydrogens (tertiary/aromatic N) is 1. The summed E-state index contributed by atoms with van der Waals surface area (Å²) in [7, 11) is 0. The Kier molecular flexibility index (Phi) is 6.43. The van der Waals surface area contributed by atoms with Crippen LogP contribution >= 0.6 is 34.4 Å². The Hall–Kier alpha value is -2.16. The van der Waals surface area contributed by atoms with Crippen LogP contribution in [-0.2, 0) is 11.2 Å². The van der Waals surface area contributed by atoms with E-state index in [0.29, 0.717) is 22.9 Å². The molecule has 26 heavy (non-hydrogen) atoms. The maximum absolute atomic E-state index is 12.2. The Bertz CT molecular complexity index is 891. The van der Waals surface area contributed by atoms with E-state index in [9.17, 15) is 9.59 Å². The van der Waals surface area contributed by atoms with Crippen LogP contribution in [0.5, 0.6) is 0 Å². The summed E-state index contributed by atoms with van der Waals surface area (Å²) in [5, 5.41) is 9.99. The molecule has 0 atom stereocenters. The van der Waals surface area contributed by atoms with E-state index < -0.39 is 0 Å². The number of rotatable bonds is 7. The van der Waals surface area contributed by atoms with Gasteiger partial charge in [-0.3, -0.25) is 14.9 Å². The van der Waals surface area contributed by atoms with Crippen LogP contribution in [0.4, 0.5) is 10.8 Å². The minimum absolute atomic E-state index is 0.0522. The second kappa shape index (κ2) is 8.98. The van der Waals surface area contributed by atoms with Gasteiger partial charge in [-0.15, -0.1) is 34.4 Å². The predicted octanol–water partition coefficient (Wildman–Crippen LogP) is 4.75. The number of amides is 2. The summed E-state index contributed by atoms with van der Waals surface area (Å²) in [6, 6.07) is 11.3. The number of thioether (sulfide) groups is 1. The summed E-state index contributed by atoms with van der Waals surface area (Å²) < 4.78 is 0. The molecule has 3 aromatic rings. The van der Waals surface area contributed by atoms with E-state index >= 15 is 0 Å². The van der Waals surface area contributed by atoms with Crippen molar-refractivity contribution >= 4 is 57.1 Å². The standard InChI is InChI=1S/C18H17N3O2S3/c1-24-14-6-3-2-5-13(14)20-16(22)9-8-12-11-26-18(19-12)21-17(23)15-7-4-10-25-15/h2-7,10-11H,8-9H2,1H3,(H,20,22)(H,19,21,23). The molecule has 0 aliphatic rings. The van der Waals surface area contributed by atoms with Crippen LogP contribution in [0.2, 0.25) is 0 Å². The zero-order chi connectivity index (χ0) is 18.4. The molecule has 0 radical (unpaired) electrons. The van der Waals surface area contributed by atoms with Gasteiger partial charge in [0.15, 0.2) is 5.13 Å². The van der Waals surface area contributed by atoms with E-state index in [1.807, 2.05) is 47.3 Å². The van der Waals surface area contributed by atoms with Crippen molar-refractivity contribution in [3.8, 4) is 0 Å². The van der Waals surface area contributed by atoms with E-state index in [1.165, 1.54) is 22.7 Å². The number of carbonyl (C=O) groups excluding carboxylic acids is 2. The smallest absolute Gasteiger partial charge is 0.267 e. The van der Waals surface area contributed by atoms with Crippen molar-refractivity contribution in [3.63, 3.8) is 0 Å². The number of para-hydroxylation sites is 1. The molecule has 134 valence electrons. The lowest BCUT2D eigenvalue weighted by molar-refractivity contribution is -0.116. The summed E-state index contributed by atoms with van der Waals surface area (Å²) in [6.07, 6.45) is 2.84. The summed E-state index contributed by atoms with van der Waals surface area (Å²) in [5.41, 5.74) is 1.62. The second-order valence-corrected chi connectivity index (χ2v) is 7.98. The molecular formula is C18H17N3O2S3. The van der Waals surface area contributed by atoms with E-state index in [0.717, 1.165) is 16.3 Å². The number of benzene rings is 1. The highest BCUT2D eigenvalue weighted by molar-refractivity contribution is 7.98. The summed E-state index contributed by atoms with van der Waals surface area (Å²) >= 11 is 4.34. The van der Waals surface area contributed by atoms with Crippen LogP contribution in [0.15, 0.2) is 52.1 Å². The van der Waals surface area contributed by atoms with E-state index in [4.69, 9.17) is 0 Å². The summed E-state index contributed by atoms with van der Waals surface area (Å²) in [5.74, 6) is -0.212. The molecule has 0 aliphatic carbocycles. The van der Waals surface area contributed by atoms with E-state index in [1.54, 1.807) is 17.8 Å². The van der Waals surface area contributed by atoms with Crippen LogP contribution < -0.4 is 10.6 Å². The van der Waals surface area contributed by atoms with Gasteiger partial charge >= 0.3 is 0 Å². The zero-order valence-corrected chi connectivity index (χ0v) is 16.5. The number of hydrogen-bond donors (Lipinski definition) is 2. The molecule has 5 nitrogen and oxygen atoms in total. The Morgan fingerprint density at radius 2 is 1.96 bits per heavy atom. The van der Waals surface area contributed by atoms with Gasteiger partial charge in [-0.25, -0.2) is 4.98 Å². The molecule has 8 heteroatoms. The molecule has 0 saturated carbocycles. The number of carbonyl (C=O) groups is 2. The Balaban J connectivity index is 1.51. The summed E-state index contributed by atoms with van der Waals surface area (Å²) in [4.78, 5) is 30.3. The van der Waals surface area contributed by atoms with Gasteiger partial charge in [0.05, 0.1) is 16.3 Å². The van der Waals surface area contributed by atoms with Gasteiger partial charge < -0.3 is 5.32 Å². The minimum atomic E-state index is -0.160. The fourth-order valence-electron chi connectivity index (χ4n) is 2.25. The van der Waals surface area contributed by atoms with E-state index in [-0.39, 0.29) is 11.8 Å². The zero-order valence-electron chi connectivity index (χ0n) is 14.0. The Morgan fingerprint density at radius 1 is 1.12 bits per heavy atom. The van der Waals surface area contributed by atoms with Gasteiger partial charge in [-0.1, -0.05) is 18.2 Å². The van der Waals surface area contributed by atoms with Crippen molar-refractivity contribution in [2.24, 2.45) is 0 Å². The molecule has 0 spiro atoms. The van der Waals surface area contributed by atoms with Gasteiger partial charge in [-0.2, -0.15) is 0 Å². The van der Waals surface area contributed by atoms with Crippen LogP contribution in [0.25, 0.3) is 0 Å². The highest BCUT2D eigenvalue weighted by Gasteiger charge is 2.11. The molecule has 0 fully saturated rings. The molecule has 0 saturated heterocycles. The molecule has 2 aromatic heterocycles. The van der Waals surface area contributed by atoms with Gasteiger partial charge in [0.2, 0.25) is 5.91 Å². The van der Waals surface area contributed by atoms with Crippen molar-refractivity contribution in [2.75, 3.05) is 16.9 Å². The van der Waals surface area contributed by atoms with Gasteiger partial charge in [-0.05, 0) is 36.3 Å². The highest BCUT2D eigenvalue weighted by atomic mass is 32.2. The third-order valence-electron chi connectivity index (χ3n) is 3.51. The number of nitrogens with one attached hydrogen (secondary N) is 2. The van der Waals surface area contributed by atoms with Crippen LogP contribution in [0.3, 0.4) is 0 Å². The number of hydrogen-bond acceptors (Lipinski definition) is 6. The van der Waals surface area contributed by atoms with E-state index in [2.05, 4.69) is 15.6 Å². The Labute approximate surface area is 163 Å². The SMILES string of the molecule is CSc1ccccc1NC(=O)CCc1csc(NC(=O)c2cccs2)n1. The van der Waals surface area contributed by atoms with Crippen molar-refractivity contribution < 1.29 is 9.59 Å². The molecule has 2 N–H and O–H groups in total. The lowest BCUT2D eigenvalue weighted by atomic mass is 10.2. The van der Waals surface area contributed by atoms with Crippen LogP contribution in [-0.4, -0.2) is 23.1 Å². The molecule has 0 bridgehead atoms. The molecule has 1 aromatic carbocycles. The normalized spacial score (nSPS) is 10.5. The number of thiophene rings is 1. The van der Waals surface area contributed by atoms with Crippen LogP contribution in [0, 0.1) is 0 Å². The maximum Gasteiger partial charge on any atom is 0.267 e. The van der Waals surface area contributed by atoms with Gasteiger partial charge in [0.1, 0.15) is 0 Å². The number of aryl methyl sites for hydroxylation is 1. The average molecular weight is 404 g/mol. The number of anilines is 2. The van der Waals surface area contributed by atoms with Crippen LogP contribution in [0.1, 0.15) is 21.8 Å². The van der Waals surface area contributed by atoms with Crippen molar-refractivity contribution in [3.05, 3.63) is 57.7 Å².